The topological polar surface area (TPSA) is 116 Å². The molecule has 0 bridgehead atoms. The van der Waals surface area contributed by atoms with Crippen LogP contribution in [0.2, 0.25) is 0 Å². The minimum Gasteiger partial charge on any atom is -0.367 e. The molecule has 0 spiro atoms. The Morgan fingerprint density at radius 3 is 2.19 bits per heavy atom. The van der Waals surface area contributed by atoms with Crippen molar-refractivity contribution in [2.45, 2.75) is 11.8 Å². The molecule has 9 nitrogen and oxygen atoms in total. The van der Waals surface area contributed by atoms with Crippen LogP contribution < -0.4 is 15.4 Å². The second-order valence-electron chi connectivity index (χ2n) is 5.84. The van der Waals surface area contributed by atoms with Crippen LogP contribution in [0.1, 0.15) is 6.92 Å². The fourth-order valence-electron chi connectivity index (χ4n) is 2.01. The van der Waals surface area contributed by atoms with E-state index in [4.69, 9.17) is 0 Å². The van der Waals surface area contributed by atoms with Crippen LogP contribution in [0.3, 0.4) is 0 Å². The molecule has 2 aromatic rings. The third kappa shape index (κ3) is 5.97. The predicted molar refractivity (Wildman–Crippen MR) is 101 cm³/mol. The van der Waals surface area contributed by atoms with Crippen LogP contribution in [0, 0.1) is 0 Å². The second-order valence-corrected chi connectivity index (χ2v) is 7.53. The van der Waals surface area contributed by atoms with Crippen molar-refractivity contribution in [1.29, 1.82) is 0 Å². The first-order valence-corrected chi connectivity index (χ1v) is 9.37. The molecular weight excluding hydrogens is 356 g/mol. The highest BCUT2D eigenvalue weighted by molar-refractivity contribution is 7.92. The Labute approximate surface area is 152 Å². The number of hydrogen-bond donors (Lipinski definition) is 3. The zero-order valence-electron chi connectivity index (χ0n) is 14.9. The van der Waals surface area contributed by atoms with Gasteiger partial charge in [0.1, 0.15) is 5.82 Å². The van der Waals surface area contributed by atoms with Gasteiger partial charge >= 0.3 is 0 Å². The summed E-state index contributed by atoms with van der Waals surface area (Å²) >= 11 is 0. The van der Waals surface area contributed by atoms with Crippen molar-refractivity contribution in [3.05, 3.63) is 36.4 Å². The van der Waals surface area contributed by atoms with Gasteiger partial charge in [-0.2, -0.15) is 0 Å². The molecule has 3 N–H and O–H groups in total. The number of anilines is 3. The van der Waals surface area contributed by atoms with E-state index in [0.29, 0.717) is 18.1 Å². The van der Waals surface area contributed by atoms with Gasteiger partial charge in [-0.05, 0) is 50.5 Å². The van der Waals surface area contributed by atoms with Gasteiger partial charge in [0.25, 0.3) is 10.0 Å². The molecular formula is C16H22N6O3S. The van der Waals surface area contributed by atoms with Crippen molar-refractivity contribution < 1.29 is 13.2 Å². The van der Waals surface area contributed by atoms with Crippen LogP contribution in [-0.4, -0.2) is 56.6 Å². The van der Waals surface area contributed by atoms with Crippen LogP contribution in [0.15, 0.2) is 41.3 Å². The Kier molecular flexibility index (Phi) is 6.47. The molecule has 0 saturated carbocycles. The summed E-state index contributed by atoms with van der Waals surface area (Å²) in [6.45, 7) is 2.92. The molecule has 1 aromatic heterocycles. The van der Waals surface area contributed by atoms with Gasteiger partial charge in [0, 0.05) is 25.7 Å². The smallest absolute Gasteiger partial charge is 0.263 e. The Morgan fingerprint density at radius 2 is 1.65 bits per heavy atom. The zero-order valence-corrected chi connectivity index (χ0v) is 15.7. The first-order chi connectivity index (χ1) is 12.3. The molecule has 0 aliphatic heterocycles. The van der Waals surface area contributed by atoms with E-state index in [1.165, 1.54) is 37.3 Å². The molecule has 0 unspecified atom stereocenters. The average molecular weight is 378 g/mol. The number of carbonyl (C=O) groups excluding carboxylic acids is 1. The summed E-state index contributed by atoms with van der Waals surface area (Å²) in [7, 11) is 0.141. The lowest BCUT2D eigenvalue weighted by Crippen LogP contribution is -2.21. The molecule has 0 radical (unpaired) electrons. The van der Waals surface area contributed by atoms with Gasteiger partial charge in [0.05, 0.1) is 4.90 Å². The fraction of sp³-hybridized carbons (Fsp3) is 0.312. The Balaban J connectivity index is 2.01. The number of carbonyl (C=O) groups is 1. The molecule has 1 heterocycles. The Bertz CT molecular complexity index is 835. The maximum Gasteiger partial charge on any atom is 0.263 e. The van der Waals surface area contributed by atoms with E-state index < -0.39 is 10.0 Å². The number of sulfonamides is 1. The quantitative estimate of drug-likeness (QED) is 0.632. The normalized spacial score (nSPS) is 11.2. The highest BCUT2D eigenvalue weighted by Gasteiger charge is 2.15. The largest absolute Gasteiger partial charge is 0.367 e. The van der Waals surface area contributed by atoms with Gasteiger partial charge in [-0.25, -0.2) is 8.42 Å². The van der Waals surface area contributed by atoms with Gasteiger partial charge in [0.15, 0.2) is 5.82 Å². The Morgan fingerprint density at radius 1 is 1.04 bits per heavy atom. The molecule has 0 aliphatic rings. The molecule has 1 amide bonds. The van der Waals surface area contributed by atoms with Crippen molar-refractivity contribution in [1.82, 2.24) is 15.1 Å². The van der Waals surface area contributed by atoms with Crippen molar-refractivity contribution in [2.24, 2.45) is 0 Å². The summed E-state index contributed by atoms with van der Waals surface area (Å²) < 4.78 is 27.1. The SMILES string of the molecule is CC(=O)Nc1ccc(S(=O)(=O)Nc2ccc(NCCN(C)C)nn2)cc1. The third-order valence-electron chi connectivity index (χ3n) is 3.25. The van der Waals surface area contributed by atoms with E-state index in [1.807, 2.05) is 19.0 Å². The molecule has 10 heteroatoms. The number of amides is 1. The third-order valence-corrected chi connectivity index (χ3v) is 4.62. The fourth-order valence-corrected chi connectivity index (χ4v) is 3.00. The number of benzene rings is 1. The molecule has 1 aromatic carbocycles. The van der Waals surface area contributed by atoms with Gasteiger partial charge in [0.2, 0.25) is 5.91 Å². The predicted octanol–water partition coefficient (Wildman–Crippen LogP) is 1.21. The summed E-state index contributed by atoms with van der Waals surface area (Å²) in [6, 6.07) is 9.02. The molecule has 26 heavy (non-hydrogen) atoms. The summed E-state index contributed by atoms with van der Waals surface area (Å²) in [6.07, 6.45) is 0. The maximum atomic E-state index is 12.4. The first-order valence-electron chi connectivity index (χ1n) is 7.89. The van der Waals surface area contributed by atoms with Crippen molar-refractivity contribution >= 4 is 33.3 Å². The summed E-state index contributed by atoms with van der Waals surface area (Å²) in [4.78, 5) is 13.1. The maximum absolute atomic E-state index is 12.4. The summed E-state index contributed by atoms with van der Waals surface area (Å²) in [5.41, 5.74) is 0.518. The second kappa shape index (κ2) is 8.59. The van der Waals surface area contributed by atoms with Crippen LogP contribution in [0.4, 0.5) is 17.3 Å². The summed E-state index contributed by atoms with van der Waals surface area (Å²) in [5, 5.41) is 13.5. The zero-order chi connectivity index (χ0) is 19.2. The number of nitrogens with zero attached hydrogens (tertiary/aromatic N) is 3. The van der Waals surface area contributed by atoms with E-state index in [-0.39, 0.29) is 16.6 Å². The molecule has 0 atom stereocenters. The van der Waals surface area contributed by atoms with Crippen LogP contribution >= 0.6 is 0 Å². The first kappa shape index (κ1) is 19.6. The number of likely N-dealkylation sites (N-methyl/N-ethyl adjacent to an activating group) is 1. The molecule has 2 rings (SSSR count). The number of nitrogens with one attached hydrogen (secondary N) is 3. The monoisotopic (exact) mass is 378 g/mol. The summed E-state index contributed by atoms with van der Waals surface area (Å²) in [5.74, 6) is 0.455. The lowest BCUT2D eigenvalue weighted by atomic mass is 10.3. The van der Waals surface area contributed by atoms with E-state index in [0.717, 1.165) is 6.54 Å². The van der Waals surface area contributed by atoms with Gasteiger partial charge in [-0.15, -0.1) is 10.2 Å². The van der Waals surface area contributed by atoms with Gasteiger partial charge in [-0.3, -0.25) is 9.52 Å². The average Bonchev–Trinajstić information content (AvgIpc) is 2.56. The number of aromatic nitrogens is 2. The van der Waals surface area contributed by atoms with E-state index in [2.05, 4.69) is 25.6 Å². The minimum absolute atomic E-state index is 0.0570. The lowest BCUT2D eigenvalue weighted by molar-refractivity contribution is -0.114. The molecule has 0 saturated heterocycles. The van der Waals surface area contributed by atoms with E-state index >= 15 is 0 Å². The van der Waals surface area contributed by atoms with Gasteiger partial charge < -0.3 is 15.5 Å². The van der Waals surface area contributed by atoms with Crippen molar-refractivity contribution in [2.75, 3.05) is 42.5 Å². The molecule has 140 valence electrons. The van der Waals surface area contributed by atoms with Crippen LogP contribution in [-0.2, 0) is 14.8 Å². The van der Waals surface area contributed by atoms with Gasteiger partial charge in [-0.1, -0.05) is 0 Å². The molecule has 0 aliphatic carbocycles. The van der Waals surface area contributed by atoms with Crippen molar-refractivity contribution in [3.63, 3.8) is 0 Å². The molecule has 0 fully saturated rings. The Hall–Kier alpha value is -2.72. The standard InChI is InChI=1S/C16H22N6O3S/c1-12(23)18-13-4-6-14(7-5-13)26(24,25)21-16-9-8-15(19-20-16)17-10-11-22(2)3/h4-9H,10-11H2,1-3H3,(H,17,19)(H,18,23)(H,20,21). The van der Waals surface area contributed by atoms with E-state index in [1.54, 1.807) is 6.07 Å². The number of rotatable bonds is 8. The highest BCUT2D eigenvalue weighted by Crippen LogP contribution is 2.17. The minimum atomic E-state index is -3.79. The van der Waals surface area contributed by atoms with Crippen LogP contribution in [0.5, 0.6) is 0 Å². The highest BCUT2D eigenvalue weighted by atomic mass is 32.2. The lowest BCUT2D eigenvalue weighted by Gasteiger charge is -2.11. The van der Waals surface area contributed by atoms with Crippen LogP contribution in [0.25, 0.3) is 0 Å². The van der Waals surface area contributed by atoms with Crippen molar-refractivity contribution in [3.8, 4) is 0 Å². The number of hydrogen-bond acceptors (Lipinski definition) is 7. The van der Waals surface area contributed by atoms with E-state index in [9.17, 15) is 13.2 Å².